The van der Waals surface area contributed by atoms with Crippen LogP contribution in [-0.4, -0.2) is 9.67 Å². The van der Waals surface area contributed by atoms with E-state index in [1.165, 1.54) is 22.8 Å². The van der Waals surface area contributed by atoms with Crippen LogP contribution in [0, 0.1) is 12.7 Å². The van der Waals surface area contributed by atoms with E-state index in [4.69, 9.17) is 5.11 Å². The molecule has 2 rings (SSSR count). The third-order valence-corrected chi connectivity index (χ3v) is 3.26. The van der Waals surface area contributed by atoms with Crippen molar-refractivity contribution in [1.82, 2.24) is 4.57 Å². The van der Waals surface area contributed by atoms with Gasteiger partial charge in [0.2, 0.25) is 0 Å². The van der Waals surface area contributed by atoms with E-state index >= 15 is 0 Å². The van der Waals surface area contributed by atoms with E-state index in [1.54, 1.807) is 6.20 Å². The number of hydrogen-bond acceptors (Lipinski definition) is 2. The van der Waals surface area contributed by atoms with E-state index < -0.39 is 5.82 Å². The molecule has 0 amide bonds. The Hall–Kier alpha value is -1.94. The van der Waals surface area contributed by atoms with Gasteiger partial charge in [0.15, 0.2) is 0 Å². The zero-order valence-corrected chi connectivity index (χ0v) is 11.0. The number of halogens is 1. The molecule has 3 nitrogen and oxygen atoms in total. The van der Waals surface area contributed by atoms with E-state index in [0.29, 0.717) is 12.1 Å². The Bertz CT molecular complexity index is 662. The van der Waals surface area contributed by atoms with Crippen LogP contribution in [0.4, 0.5) is 4.39 Å². The highest BCUT2D eigenvalue weighted by Crippen LogP contribution is 2.14. The zero-order valence-electron chi connectivity index (χ0n) is 11.0. The minimum atomic E-state index is -0.470. The second kappa shape index (κ2) is 5.36. The molecule has 0 radical (unpaired) electrons. The zero-order chi connectivity index (χ0) is 14.0. The third-order valence-electron chi connectivity index (χ3n) is 3.26. The largest absolute Gasteiger partial charge is 0.392 e. The molecule has 1 heterocycles. The molecule has 0 saturated carbocycles. The topological polar surface area (TPSA) is 42.2 Å². The van der Waals surface area contributed by atoms with Crippen LogP contribution < -0.4 is 5.56 Å². The van der Waals surface area contributed by atoms with Crippen LogP contribution in [0.15, 0.2) is 35.3 Å². The van der Waals surface area contributed by atoms with Crippen LogP contribution in [0.1, 0.15) is 23.6 Å². The van der Waals surface area contributed by atoms with Crippen LogP contribution in [0.25, 0.3) is 5.69 Å². The Labute approximate surface area is 110 Å². The van der Waals surface area contributed by atoms with Crippen LogP contribution >= 0.6 is 0 Å². The molecule has 0 fully saturated rings. The van der Waals surface area contributed by atoms with Gasteiger partial charge in [-0.25, -0.2) is 4.39 Å². The molecule has 0 aliphatic heterocycles. The molecule has 1 aromatic carbocycles. The van der Waals surface area contributed by atoms with Gasteiger partial charge in [0.1, 0.15) is 5.82 Å². The van der Waals surface area contributed by atoms with Gasteiger partial charge >= 0.3 is 0 Å². The van der Waals surface area contributed by atoms with Crippen LogP contribution in [0.2, 0.25) is 0 Å². The van der Waals surface area contributed by atoms with Gasteiger partial charge in [-0.05, 0) is 43.2 Å². The molecule has 0 aliphatic rings. The van der Waals surface area contributed by atoms with E-state index in [2.05, 4.69) is 0 Å². The maximum atomic E-state index is 13.3. The fourth-order valence-electron chi connectivity index (χ4n) is 2.13. The number of benzene rings is 1. The van der Waals surface area contributed by atoms with Crippen LogP contribution in [0.3, 0.4) is 0 Å². The first-order valence-electron chi connectivity index (χ1n) is 6.19. The summed E-state index contributed by atoms with van der Waals surface area (Å²) in [6, 6.07) is 6.15. The van der Waals surface area contributed by atoms with Crippen LogP contribution in [-0.2, 0) is 13.0 Å². The molecular formula is C15H16FNO2. The lowest BCUT2D eigenvalue weighted by atomic mass is 10.1. The minimum Gasteiger partial charge on any atom is -0.392 e. The van der Waals surface area contributed by atoms with Gasteiger partial charge in [0, 0.05) is 23.0 Å². The number of nitrogens with zero attached hydrogens (tertiary/aromatic N) is 1. The summed E-state index contributed by atoms with van der Waals surface area (Å²) >= 11 is 0. The lowest BCUT2D eigenvalue weighted by Gasteiger charge is -2.11. The molecular weight excluding hydrogens is 245 g/mol. The summed E-state index contributed by atoms with van der Waals surface area (Å²) in [6.07, 6.45) is 2.32. The fourth-order valence-corrected chi connectivity index (χ4v) is 2.13. The predicted molar refractivity (Wildman–Crippen MR) is 72.0 cm³/mol. The highest BCUT2D eigenvalue weighted by Gasteiger charge is 2.09. The Balaban J connectivity index is 2.63. The number of aryl methyl sites for hydroxylation is 1. The maximum Gasteiger partial charge on any atom is 0.258 e. The van der Waals surface area contributed by atoms with Crippen molar-refractivity contribution < 1.29 is 9.50 Å². The Morgan fingerprint density at radius 3 is 2.68 bits per heavy atom. The first kappa shape index (κ1) is 13.5. The minimum absolute atomic E-state index is 0.0991. The second-order valence-corrected chi connectivity index (χ2v) is 4.44. The number of aliphatic hydroxyl groups is 1. The fraction of sp³-hybridized carbons (Fsp3) is 0.267. The van der Waals surface area contributed by atoms with E-state index in [9.17, 15) is 9.18 Å². The number of rotatable bonds is 3. The number of pyridine rings is 1. The predicted octanol–water partition coefficient (Wildman–Crippen LogP) is 2.34. The first-order chi connectivity index (χ1) is 9.08. The van der Waals surface area contributed by atoms with Crippen LogP contribution in [0.5, 0.6) is 0 Å². The average Bonchev–Trinajstić information content (AvgIpc) is 2.40. The van der Waals surface area contributed by atoms with Gasteiger partial charge in [-0.1, -0.05) is 6.92 Å². The summed E-state index contributed by atoms with van der Waals surface area (Å²) in [4.78, 5) is 12.3. The summed E-state index contributed by atoms with van der Waals surface area (Å²) in [5.41, 5.74) is 2.34. The molecule has 0 aliphatic carbocycles. The molecule has 1 aromatic heterocycles. The van der Waals surface area contributed by atoms with Crippen molar-refractivity contribution in [2.24, 2.45) is 0 Å². The van der Waals surface area contributed by atoms with Gasteiger partial charge in [-0.15, -0.1) is 0 Å². The SMILES string of the molecule is CCc1c(C)ccn(-c2ccc(F)c(CO)c2)c1=O. The van der Waals surface area contributed by atoms with Crippen molar-refractivity contribution >= 4 is 0 Å². The standard InChI is InChI=1S/C15H16FNO2/c1-3-13-10(2)6-7-17(15(13)19)12-4-5-14(16)11(8-12)9-18/h4-8,18H,3,9H2,1-2H3. The quantitative estimate of drug-likeness (QED) is 0.921. The van der Waals surface area contributed by atoms with Gasteiger partial charge < -0.3 is 5.11 Å². The average molecular weight is 261 g/mol. The highest BCUT2D eigenvalue weighted by atomic mass is 19.1. The highest BCUT2D eigenvalue weighted by molar-refractivity contribution is 5.38. The molecule has 100 valence electrons. The summed E-state index contributed by atoms with van der Waals surface area (Å²) in [5.74, 6) is -0.470. The summed E-state index contributed by atoms with van der Waals surface area (Å²) in [6.45, 7) is 3.44. The molecule has 19 heavy (non-hydrogen) atoms. The summed E-state index contributed by atoms with van der Waals surface area (Å²) in [5, 5.41) is 9.08. The molecule has 2 aromatic rings. The first-order valence-corrected chi connectivity index (χ1v) is 6.19. The van der Waals surface area contributed by atoms with E-state index in [-0.39, 0.29) is 17.7 Å². The Kier molecular flexibility index (Phi) is 3.81. The lowest BCUT2D eigenvalue weighted by molar-refractivity contribution is 0.275. The van der Waals surface area contributed by atoms with Crippen molar-refractivity contribution in [3.63, 3.8) is 0 Å². The van der Waals surface area contributed by atoms with Crippen molar-refractivity contribution in [1.29, 1.82) is 0 Å². The summed E-state index contributed by atoms with van der Waals surface area (Å²) in [7, 11) is 0. The molecule has 0 bridgehead atoms. The van der Waals surface area contributed by atoms with Crippen molar-refractivity contribution in [3.05, 3.63) is 63.3 Å². The molecule has 4 heteroatoms. The third kappa shape index (κ3) is 2.44. The van der Waals surface area contributed by atoms with Crippen molar-refractivity contribution in [3.8, 4) is 5.69 Å². The number of aromatic nitrogens is 1. The monoisotopic (exact) mass is 261 g/mol. The van der Waals surface area contributed by atoms with Gasteiger partial charge in [0.05, 0.1) is 6.61 Å². The smallest absolute Gasteiger partial charge is 0.258 e. The van der Waals surface area contributed by atoms with E-state index in [0.717, 1.165) is 11.1 Å². The molecule has 0 saturated heterocycles. The van der Waals surface area contributed by atoms with E-state index in [1.807, 2.05) is 19.9 Å². The molecule has 1 N–H and O–H groups in total. The molecule has 0 spiro atoms. The molecule has 0 unspecified atom stereocenters. The number of aliphatic hydroxyl groups excluding tert-OH is 1. The van der Waals surface area contributed by atoms with Crippen molar-refractivity contribution in [2.45, 2.75) is 26.9 Å². The maximum absolute atomic E-state index is 13.3. The molecule has 0 atom stereocenters. The van der Waals surface area contributed by atoms with Gasteiger partial charge in [0.25, 0.3) is 5.56 Å². The Morgan fingerprint density at radius 1 is 1.32 bits per heavy atom. The number of hydrogen-bond donors (Lipinski definition) is 1. The second-order valence-electron chi connectivity index (χ2n) is 4.44. The normalized spacial score (nSPS) is 10.7. The lowest BCUT2D eigenvalue weighted by Crippen LogP contribution is -2.22. The van der Waals surface area contributed by atoms with Gasteiger partial charge in [-0.2, -0.15) is 0 Å². The van der Waals surface area contributed by atoms with Gasteiger partial charge in [-0.3, -0.25) is 9.36 Å². The summed E-state index contributed by atoms with van der Waals surface area (Å²) < 4.78 is 14.8. The Morgan fingerprint density at radius 2 is 2.05 bits per heavy atom. The van der Waals surface area contributed by atoms with Crippen molar-refractivity contribution in [2.75, 3.05) is 0 Å².